The highest BCUT2D eigenvalue weighted by molar-refractivity contribution is 5.46. The van der Waals surface area contributed by atoms with Crippen LogP contribution in [0.2, 0.25) is 0 Å². The smallest absolute Gasteiger partial charge is 0.132 e. The van der Waals surface area contributed by atoms with Crippen molar-refractivity contribution in [3.8, 4) is 0 Å². The molecule has 0 bridgehead atoms. The molecule has 2 heterocycles. The molecule has 0 saturated carbocycles. The summed E-state index contributed by atoms with van der Waals surface area (Å²) >= 11 is 0. The number of hydrogen-bond acceptors (Lipinski definition) is 4. The molecule has 2 aromatic rings. The summed E-state index contributed by atoms with van der Waals surface area (Å²) in [5.74, 6) is 2.02. The molecule has 0 radical (unpaired) electrons. The molecule has 108 valence electrons. The highest BCUT2D eigenvalue weighted by atomic mass is 15.1. The van der Waals surface area contributed by atoms with Crippen LogP contribution in [0.15, 0.2) is 18.7 Å². The third-order valence-electron chi connectivity index (χ3n) is 3.32. The fraction of sp³-hybridized carbons (Fsp3) is 0.533. The molecule has 5 nitrogen and oxygen atoms in total. The molecule has 20 heavy (non-hydrogen) atoms. The first kappa shape index (κ1) is 14.5. The van der Waals surface area contributed by atoms with Gasteiger partial charge in [0.25, 0.3) is 0 Å². The summed E-state index contributed by atoms with van der Waals surface area (Å²) in [5, 5.41) is 3.31. The zero-order valence-corrected chi connectivity index (χ0v) is 12.6. The Kier molecular flexibility index (Phi) is 5.09. The van der Waals surface area contributed by atoms with E-state index in [1.165, 1.54) is 5.56 Å². The first-order valence-electron chi connectivity index (χ1n) is 7.36. The Hall–Kier alpha value is -1.91. The van der Waals surface area contributed by atoms with Crippen LogP contribution in [-0.2, 0) is 19.4 Å². The number of nitrogens with zero attached hydrogens (tertiary/aromatic N) is 4. The molecule has 2 rings (SSSR count). The number of aryl methyl sites for hydroxylation is 1. The molecule has 0 atom stereocenters. The molecule has 0 spiro atoms. The van der Waals surface area contributed by atoms with Crippen molar-refractivity contribution in [2.45, 2.75) is 46.6 Å². The molecular weight excluding hydrogens is 250 g/mol. The van der Waals surface area contributed by atoms with Crippen molar-refractivity contribution in [2.75, 3.05) is 11.9 Å². The van der Waals surface area contributed by atoms with Crippen LogP contribution < -0.4 is 5.32 Å². The van der Waals surface area contributed by atoms with Crippen molar-refractivity contribution in [1.82, 2.24) is 19.5 Å². The van der Waals surface area contributed by atoms with E-state index in [1.807, 2.05) is 12.4 Å². The fourth-order valence-corrected chi connectivity index (χ4v) is 2.39. The second kappa shape index (κ2) is 7.03. The fourth-order valence-electron chi connectivity index (χ4n) is 2.39. The van der Waals surface area contributed by atoms with Crippen molar-refractivity contribution in [3.05, 3.63) is 35.8 Å². The van der Waals surface area contributed by atoms with Gasteiger partial charge in [-0.15, -0.1) is 0 Å². The molecule has 0 aliphatic carbocycles. The molecule has 0 fully saturated rings. The third-order valence-corrected chi connectivity index (χ3v) is 3.32. The van der Waals surface area contributed by atoms with E-state index in [2.05, 4.69) is 45.6 Å². The van der Waals surface area contributed by atoms with E-state index in [1.54, 1.807) is 6.33 Å². The number of anilines is 1. The van der Waals surface area contributed by atoms with Crippen molar-refractivity contribution in [3.63, 3.8) is 0 Å². The van der Waals surface area contributed by atoms with Gasteiger partial charge in [-0.1, -0.05) is 13.8 Å². The van der Waals surface area contributed by atoms with Gasteiger partial charge in [0.2, 0.25) is 0 Å². The van der Waals surface area contributed by atoms with Gasteiger partial charge >= 0.3 is 0 Å². The average molecular weight is 273 g/mol. The highest BCUT2D eigenvalue weighted by Gasteiger charge is 2.12. The monoisotopic (exact) mass is 273 g/mol. The third kappa shape index (κ3) is 3.15. The van der Waals surface area contributed by atoms with E-state index in [0.29, 0.717) is 0 Å². The van der Waals surface area contributed by atoms with Gasteiger partial charge in [-0.25, -0.2) is 15.0 Å². The van der Waals surface area contributed by atoms with Crippen molar-refractivity contribution >= 4 is 5.82 Å². The second-order valence-electron chi connectivity index (χ2n) is 4.75. The lowest BCUT2D eigenvalue weighted by atomic mass is 10.1. The molecule has 0 aliphatic rings. The van der Waals surface area contributed by atoms with Crippen LogP contribution >= 0.6 is 0 Å². The summed E-state index contributed by atoms with van der Waals surface area (Å²) in [6.07, 6.45) is 8.33. The quantitative estimate of drug-likeness (QED) is 0.842. The van der Waals surface area contributed by atoms with Gasteiger partial charge in [0.1, 0.15) is 18.0 Å². The van der Waals surface area contributed by atoms with Crippen LogP contribution in [0.1, 0.15) is 44.3 Å². The van der Waals surface area contributed by atoms with E-state index in [0.717, 1.165) is 49.7 Å². The maximum Gasteiger partial charge on any atom is 0.132 e. The minimum Gasteiger partial charge on any atom is -0.370 e. The van der Waals surface area contributed by atoms with Gasteiger partial charge in [-0.2, -0.15) is 0 Å². The molecule has 0 saturated heterocycles. The molecular formula is C15H23N5. The predicted octanol–water partition coefficient (Wildman–Crippen LogP) is 2.67. The zero-order valence-electron chi connectivity index (χ0n) is 12.6. The Morgan fingerprint density at radius 1 is 1.15 bits per heavy atom. The van der Waals surface area contributed by atoms with Crippen LogP contribution in [-0.4, -0.2) is 26.1 Å². The molecule has 0 unspecified atom stereocenters. The largest absolute Gasteiger partial charge is 0.370 e. The summed E-state index contributed by atoms with van der Waals surface area (Å²) in [6.45, 7) is 8.27. The maximum atomic E-state index is 4.46. The number of rotatable bonds is 7. The summed E-state index contributed by atoms with van der Waals surface area (Å²) in [5.41, 5.74) is 2.27. The molecule has 0 aromatic carbocycles. The number of aromatic nitrogens is 4. The summed E-state index contributed by atoms with van der Waals surface area (Å²) in [4.78, 5) is 13.3. The first-order chi connectivity index (χ1) is 9.80. The minimum absolute atomic E-state index is 0.761. The molecule has 5 heteroatoms. The zero-order chi connectivity index (χ0) is 14.4. The molecule has 0 aliphatic heterocycles. The normalized spacial score (nSPS) is 10.8. The molecule has 1 N–H and O–H groups in total. The Labute approximate surface area is 120 Å². The first-order valence-corrected chi connectivity index (χ1v) is 7.36. The highest BCUT2D eigenvalue weighted by Crippen LogP contribution is 2.18. The van der Waals surface area contributed by atoms with E-state index in [4.69, 9.17) is 0 Å². The topological polar surface area (TPSA) is 55.6 Å². The predicted molar refractivity (Wildman–Crippen MR) is 80.9 cm³/mol. The van der Waals surface area contributed by atoms with Crippen LogP contribution in [0, 0.1) is 0 Å². The lowest BCUT2D eigenvalue weighted by molar-refractivity contribution is 0.643. The second-order valence-corrected chi connectivity index (χ2v) is 4.75. The Bertz CT molecular complexity index is 547. The lowest BCUT2D eigenvalue weighted by Crippen LogP contribution is -2.10. The Morgan fingerprint density at radius 3 is 2.70 bits per heavy atom. The summed E-state index contributed by atoms with van der Waals surface area (Å²) < 4.78 is 2.20. The average Bonchev–Trinajstić information content (AvgIpc) is 2.87. The Morgan fingerprint density at radius 2 is 2.00 bits per heavy atom. The van der Waals surface area contributed by atoms with E-state index >= 15 is 0 Å². The van der Waals surface area contributed by atoms with Crippen molar-refractivity contribution < 1.29 is 0 Å². The van der Waals surface area contributed by atoms with Crippen molar-refractivity contribution in [2.24, 2.45) is 0 Å². The molecule has 2 aromatic heterocycles. The van der Waals surface area contributed by atoms with E-state index < -0.39 is 0 Å². The van der Waals surface area contributed by atoms with Gasteiger partial charge in [0, 0.05) is 37.5 Å². The van der Waals surface area contributed by atoms with Gasteiger partial charge in [0.15, 0.2) is 0 Å². The van der Waals surface area contributed by atoms with Gasteiger partial charge < -0.3 is 9.88 Å². The molecule has 0 amide bonds. The minimum atomic E-state index is 0.761. The number of hydrogen-bond donors (Lipinski definition) is 1. The van der Waals surface area contributed by atoms with Gasteiger partial charge in [0.05, 0.1) is 5.69 Å². The van der Waals surface area contributed by atoms with Crippen LogP contribution in [0.5, 0.6) is 0 Å². The number of imidazole rings is 1. The maximum absolute atomic E-state index is 4.46. The van der Waals surface area contributed by atoms with Crippen LogP contribution in [0.3, 0.4) is 0 Å². The SMILES string of the molecule is CCCn1ccnc1Cc1ncnc(NCC)c1CC. The van der Waals surface area contributed by atoms with Crippen molar-refractivity contribution in [1.29, 1.82) is 0 Å². The van der Waals surface area contributed by atoms with Gasteiger partial charge in [-0.3, -0.25) is 0 Å². The summed E-state index contributed by atoms with van der Waals surface area (Å²) in [7, 11) is 0. The van der Waals surface area contributed by atoms with E-state index in [-0.39, 0.29) is 0 Å². The summed E-state index contributed by atoms with van der Waals surface area (Å²) in [6, 6.07) is 0. The lowest BCUT2D eigenvalue weighted by Gasteiger charge is -2.13. The van der Waals surface area contributed by atoms with Crippen LogP contribution in [0.4, 0.5) is 5.82 Å². The van der Waals surface area contributed by atoms with Crippen LogP contribution in [0.25, 0.3) is 0 Å². The number of nitrogens with one attached hydrogen (secondary N) is 1. The van der Waals surface area contributed by atoms with Gasteiger partial charge in [-0.05, 0) is 19.8 Å². The Balaban J connectivity index is 2.28. The standard InChI is InChI=1S/C15H23N5/c1-4-8-20-9-7-17-14(20)10-13-12(5-2)15(16-6-3)19-11-18-13/h7,9,11H,4-6,8,10H2,1-3H3,(H,16,18,19). The van der Waals surface area contributed by atoms with E-state index in [9.17, 15) is 0 Å².